The fourth-order valence-corrected chi connectivity index (χ4v) is 3.09. The Balaban J connectivity index is 1.54. The first-order valence-electron chi connectivity index (χ1n) is 8.47. The Kier molecular flexibility index (Phi) is 4.24. The topological polar surface area (TPSA) is 85.7 Å². The maximum Gasteiger partial charge on any atom is 0.233 e. The Morgan fingerprint density at radius 3 is 2.81 bits per heavy atom. The number of aromatic amines is 1. The number of aromatic nitrogens is 5. The van der Waals surface area contributed by atoms with E-state index in [4.69, 9.17) is 4.74 Å². The number of ether oxygens (including phenoxy) is 1. The summed E-state index contributed by atoms with van der Waals surface area (Å²) in [7, 11) is 1.81. The van der Waals surface area contributed by atoms with Gasteiger partial charge in [0.1, 0.15) is 12.3 Å². The van der Waals surface area contributed by atoms with E-state index in [1.165, 1.54) is 6.07 Å². The molecule has 1 aliphatic rings. The smallest absolute Gasteiger partial charge is 0.233 e. The molecule has 0 unspecified atom stereocenters. The van der Waals surface area contributed by atoms with Crippen LogP contribution in [0.1, 0.15) is 19.3 Å². The van der Waals surface area contributed by atoms with Crippen molar-refractivity contribution in [1.82, 2.24) is 25.0 Å². The van der Waals surface area contributed by atoms with Crippen LogP contribution in [0.3, 0.4) is 0 Å². The van der Waals surface area contributed by atoms with Crippen molar-refractivity contribution in [3.8, 4) is 28.4 Å². The summed E-state index contributed by atoms with van der Waals surface area (Å²) >= 11 is 0. The molecule has 0 spiro atoms. The number of alkyl halides is 1. The third kappa shape index (κ3) is 3.22. The van der Waals surface area contributed by atoms with Gasteiger partial charge in [-0.1, -0.05) is 0 Å². The van der Waals surface area contributed by atoms with Crippen LogP contribution in [0.5, 0.6) is 5.88 Å². The highest BCUT2D eigenvalue weighted by molar-refractivity contribution is 5.63. The molecular formula is C18H18FN5O2. The van der Waals surface area contributed by atoms with E-state index in [9.17, 15) is 9.18 Å². The van der Waals surface area contributed by atoms with Crippen molar-refractivity contribution in [2.24, 2.45) is 7.05 Å². The van der Waals surface area contributed by atoms with E-state index >= 15 is 0 Å². The monoisotopic (exact) mass is 355 g/mol. The number of hydrogen-bond donors (Lipinski definition) is 1. The van der Waals surface area contributed by atoms with Crippen LogP contribution in [0, 0.1) is 0 Å². The normalized spacial score (nSPS) is 19.6. The van der Waals surface area contributed by atoms with Gasteiger partial charge in [-0.3, -0.25) is 9.48 Å². The quantitative estimate of drug-likeness (QED) is 0.777. The molecule has 1 N–H and O–H groups in total. The van der Waals surface area contributed by atoms with Gasteiger partial charge < -0.3 is 9.72 Å². The van der Waals surface area contributed by atoms with E-state index in [0.717, 1.165) is 12.0 Å². The maximum atomic E-state index is 13.6. The van der Waals surface area contributed by atoms with Crippen molar-refractivity contribution in [1.29, 1.82) is 0 Å². The Bertz CT molecular complexity index is 966. The Morgan fingerprint density at radius 1 is 1.31 bits per heavy atom. The molecule has 1 aliphatic carbocycles. The number of halogens is 1. The van der Waals surface area contributed by atoms with Gasteiger partial charge in [-0.15, -0.1) is 10.2 Å². The second-order valence-electron chi connectivity index (χ2n) is 6.39. The highest BCUT2D eigenvalue weighted by Crippen LogP contribution is 2.26. The highest BCUT2D eigenvalue weighted by atomic mass is 19.1. The van der Waals surface area contributed by atoms with Gasteiger partial charge >= 0.3 is 0 Å². The van der Waals surface area contributed by atoms with Crippen molar-refractivity contribution in [3.05, 3.63) is 47.0 Å². The molecule has 0 amide bonds. The van der Waals surface area contributed by atoms with Gasteiger partial charge in [0, 0.05) is 37.1 Å². The summed E-state index contributed by atoms with van der Waals surface area (Å²) in [6.07, 6.45) is 5.70. The standard InChI is InChI=1S/C18H18FN5O2/c1-24-10-11(8-21-24)15-7-16(25)12(9-20-15)14-5-6-18(23-22-14)26-17-4-2-3-13(17)19/h5-10,13,17H,2-4H2,1H3,(H,20,25)/t13-,17+/m0/s1. The van der Waals surface area contributed by atoms with Crippen molar-refractivity contribution in [3.63, 3.8) is 0 Å². The molecule has 26 heavy (non-hydrogen) atoms. The minimum atomic E-state index is -0.959. The lowest BCUT2D eigenvalue weighted by atomic mass is 10.1. The molecule has 1 fully saturated rings. The maximum absolute atomic E-state index is 13.6. The number of nitrogens with zero attached hydrogens (tertiary/aromatic N) is 4. The van der Waals surface area contributed by atoms with Crippen LogP contribution in [0.2, 0.25) is 0 Å². The first kappa shape index (κ1) is 16.4. The van der Waals surface area contributed by atoms with Crippen molar-refractivity contribution in [2.75, 3.05) is 0 Å². The number of pyridine rings is 1. The van der Waals surface area contributed by atoms with Crippen LogP contribution in [0.4, 0.5) is 4.39 Å². The van der Waals surface area contributed by atoms with Gasteiger partial charge in [-0.25, -0.2) is 4.39 Å². The zero-order valence-corrected chi connectivity index (χ0v) is 14.2. The zero-order chi connectivity index (χ0) is 18.1. The molecule has 2 atom stereocenters. The molecule has 0 aliphatic heterocycles. The molecule has 0 saturated heterocycles. The zero-order valence-electron chi connectivity index (χ0n) is 14.2. The van der Waals surface area contributed by atoms with Gasteiger partial charge in [0.25, 0.3) is 0 Å². The number of rotatable bonds is 4. The van der Waals surface area contributed by atoms with Gasteiger partial charge in [0.15, 0.2) is 5.43 Å². The molecule has 3 aromatic heterocycles. The number of nitrogens with one attached hydrogen (secondary N) is 1. The average molecular weight is 355 g/mol. The summed E-state index contributed by atoms with van der Waals surface area (Å²) in [5, 5.41) is 12.1. The fourth-order valence-electron chi connectivity index (χ4n) is 3.09. The molecule has 3 aromatic rings. The summed E-state index contributed by atoms with van der Waals surface area (Å²) in [4.78, 5) is 15.5. The Morgan fingerprint density at radius 2 is 2.19 bits per heavy atom. The van der Waals surface area contributed by atoms with Crippen LogP contribution in [-0.2, 0) is 7.05 Å². The Hall–Kier alpha value is -3.03. The Labute approximate surface area is 148 Å². The second kappa shape index (κ2) is 6.70. The molecular weight excluding hydrogens is 337 g/mol. The lowest BCUT2D eigenvalue weighted by Gasteiger charge is -2.14. The molecule has 8 heteroatoms. The SMILES string of the molecule is Cn1cc(-c2cc(=O)c(-c3ccc(O[C@@H]4CCC[C@@H]4F)nn3)c[nH]2)cn1. The van der Waals surface area contributed by atoms with Crippen molar-refractivity contribution in [2.45, 2.75) is 31.5 Å². The number of hydrogen-bond acceptors (Lipinski definition) is 5. The lowest BCUT2D eigenvalue weighted by Crippen LogP contribution is -2.22. The van der Waals surface area contributed by atoms with E-state index in [1.807, 2.05) is 13.2 Å². The largest absolute Gasteiger partial charge is 0.470 e. The third-order valence-electron chi connectivity index (χ3n) is 4.49. The van der Waals surface area contributed by atoms with E-state index < -0.39 is 12.3 Å². The van der Waals surface area contributed by atoms with Gasteiger partial charge in [-0.05, 0) is 25.3 Å². The predicted molar refractivity (Wildman–Crippen MR) is 93.5 cm³/mol. The van der Waals surface area contributed by atoms with Gasteiger partial charge in [-0.2, -0.15) is 5.10 Å². The molecule has 0 radical (unpaired) electrons. The molecule has 0 aromatic carbocycles. The molecule has 4 rings (SSSR count). The summed E-state index contributed by atoms with van der Waals surface area (Å²) in [6, 6.07) is 4.77. The molecule has 1 saturated carbocycles. The van der Waals surface area contributed by atoms with Crippen LogP contribution < -0.4 is 10.2 Å². The third-order valence-corrected chi connectivity index (χ3v) is 4.49. The van der Waals surface area contributed by atoms with Gasteiger partial charge in [0.2, 0.25) is 5.88 Å². The summed E-state index contributed by atoms with van der Waals surface area (Å²) < 4.78 is 20.8. The predicted octanol–water partition coefficient (Wildman–Crippen LogP) is 2.50. The van der Waals surface area contributed by atoms with Crippen molar-refractivity contribution >= 4 is 0 Å². The van der Waals surface area contributed by atoms with E-state index in [2.05, 4.69) is 20.3 Å². The molecule has 7 nitrogen and oxygen atoms in total. The van der Waals surface area contributed by atoms with E-state index in [0.29, 0.717) is 29.8 Å². The van der Waals surface area contributed by atoms with Crippen LogP contribution >= 0.6 is 0 Å². The minimum absolute atomic E-state index is 0.176. The average Bonchev–Trinajstić information content (AvgIpc) is 3.24. The lowest BCUT2D eigenvalue weighted by molar-refractivity contribution is 0.119. The highest BCUT2D eigenvalue weighted by Gasteiger charge is 2.29. The minimum Gasteiger partial charge on any atom is -0.470 e. The van der Waals surface area contributed by atoms with E-state index in [1.54, 1.807) is 29.2 Å². The van der Waals surface area contributed by atoms with Crippen molar-refractivity contribution < 1.29 is 9.13 Å². The first-order valence-corrected chi connectivity index (χ1v) is 8.47. The van der Waals surface area contributed by atoms with E-state index in [-0.39, 0.29) is 11.3 Å². The van der Waals surface area contributed by atoms with Crippen LogP contribution in [-0.4, -0.2) is 37.2 Å². The number of aryl methyl sites for hydroxylation is 1. The van der Waals surface area contributed by atoms with Crippen LogP contribution in [0.15, 0.2) is 41.6 Å². The molecule has 0 bridgehead atoms. The van der Waals surface area contributed by atoms with Gasteiger partial charge in [0.05, 0.1) is 23.1 Å². The summed E-state index contributed by atoms with van der Waals surface area (Å²) in [6.45, 7) is 0. The summed E-state index contributed by atoms with van der Waals surface area (Å²) in [5.74, 6) is 0.270. The molecule has 3 heterocycles. The number of H-pyrrole nitrogens is 1. The fraction of sp³-hybridized carbons (Fsp3) is 0.333. The summed E-state index contributed by atoms with van der Waals surface area (Å²) in [5.41, 5.74) is 2.16. The first-order chi connectivity index (χ1) is 12.6. The molecule has 134 valence electrons. The van der Waals surface area contributed by atoms with Crippen LogP contribution in [0.25, 0.3) is 22.5 Å². The second-order valence-corrected chi connectivity index (χ2v) is 6.39.